The molecule has 1 aromatic heterocycles. The van der Waals surface area contributed by atoms with E-state index in [2.05, 4.69) is 20.6 Å². The largest absolute Gasteiger partial charge is 0.478 e. The molecule has 0 unspecified atom stereocenters. The van der Waals surface area contributed by atoms with E-state index >= 15 is 0 Å². The second-order valence-corrected chi connectivity index (χ2v) is 8.77. The fraction of sp³-hybridized carbons (Fsp3) is 0.333. The number of aromatic carboxylic acids is 1. The predicted molar refractivity (Wildman–Crippen MR) is 121 cm³/mol. The van der Waals surface area contributed by atoms with E-state index in [0.29, 0.717) is 16.7 Å². The molecule has 3 N–H and O–H groups in total. The van der Waals surface area contributed by atoms with Gasteiger partial charge < -0.3 is 15.7 Å². The molecule has 2 atom stereocenters. The third-order valence-electron chi connectivity index (χ3n) is 6.06. The quantitative estimate of drug-likeness (QED) is 0.456. The standard InChI is InChI=1S/C24H23F2N5O2/c1-13-8-16(14(2)29-17-7-5-4-6-15(17)22(32)33)20-18(9-13)30-19(10-27)21(31-20)28-12-23(3)11-24(23,25)26/h4-9,14,29H,11-12H2,1-3H3,(H,28,31)(H,32,33)/t14-,23+/m1/s1. The van der Waals surface area contributed by atoms with Crippen molar-refractivity contribution in [2.24, 2.45) is 5.41 Å². The van der Waals surface area contributed by atoms with Crippen molar-refractivity contribution in [2.45, 2.75) is 39.2 Å². The Bertz CT molecular complexity index is 1300. The number of carbonyl (C=O) groups is 1. The van der Waals surface area contributed by atoms with E-state index in [9.17, 15) is 23.9 Å². The van der Waals surface area contributed by atoms with Crippen LogP contribution in [0.25, 0.3) is 11.0 Å². The highest BCUT2D eigenvalue weighted by molar-refractivity contribution is 5.94. The maximum Gasteiger partial charge on any atom is 0.337 e. The molecule has 0 radical (unpaired) electrons. The van der Waals surface area contributed by atoms with Gasteiger partial charge in [0.05, 0.1) is 28.1 Å². The number of hydrogen-bond donors (Lipinski definition) is 3. The summed E-state index contributed by atoms with van der Waals surface area (Å²) in [5, 5.41) is 25.1. The summed E-state index contributed by atoms with van der Waals surface area (Å²) in [4.78, 5) is 20.6. The Labute approximate surface area is 189 Å². The van der Waals surface area contributed by atoms with Gasteiger partial charge in [0.2, 0.25) is 0 Å². The van der Waals surface area contributed by atoms with Gasteiger partial charge in [0.25, 0.3) is 5.92 Å². The number of nitrogens with one attached hydrogen (secondary N) is 2. The van der Waals surface area contributed by atoms with Crippen LogP contribution in [0, 0.1) is 23.7 Å². The van der Waals surface area contributed by atoms with Crippen LogP contribution in [0.2, 0.25) is 0 Å². The normalized spacial score (nSPS) is 19.5. The van der Waals surface area contributed by atoms with Crippen LogP contribution in [0.1, 0.15) is 53.5 Å². The Morgan fingerprint density at radius 2 is 2.00 bits per heavy atom. The number of carboxylic acids is 1. The zero-order valence-corrected chi connectivity index (χ0v) is 18.4. The van der Waals surface area contributed by atoms with E-state index in [1.807, 2.05) is 26.0 Å². The minimum Gasteiger partial charge on any atom is -0.478 e. The summed E-state index contributed by atoms with van der Waals surface area (Å²) in [6.07, 6.45) is -0.218. The van der Waals surface area contributed by atoms with E-state index < -0.39 is 17.3 Å². The van der Waals surface area contributed by atoms with Gasteiger partial charge in [-0.2, -0.15) is 5.26 Å². The van der Waals surface area contributed by atoms with E-state index in [1.165, 1.54) is 13.0 Å². The number of aromatic nitrogens is 2. The number of rotatable bonds is 7. The molecule has 3 aromatic rings. The van der Waals surface area contributed by atoms with Crippen LogP contribution < -0.4 is 10.6 Å². The molecule has 0 amide bonds. The van der Waals surface area contributed by atoms with Crippen molar-refractivity contribution in [3.8, 4) is 6.07 Å². The van der Waals surface area contributed by atoms with Crippen LogP contribution in [0.15, 0.2) is 36.4 Å². The number of halogens is 2. The molecule has 9 heteroatoms. The number of anilines is 2. The van der Waals surface area contributed by atoms with E-state index in [4.69, 9.17) is 0 Å². The van der Waals surface area contributed by atoms with E-state index in [-0.39, 0.29) is 36.1 Å². The third kappa shape index (κ3) is 4.16. The predicted octanol–water partition coefficient (Wildman–Crippen LogP) is 5.14. The lowest BCUT2D eigenvalue weighted by molar-refractivity contribution is 0.0696. The van der Waals surface area contributed by atoms with Crippen LogP contribution in [-0.4, -0.2) is 33.5 Å². The van der Waals surface area contributed by atoms with Crippen molar-refractivity contribution in [1.82, 2.24) is 9.97 Å². The Hall–Kier alpha value is -3.80. The Kier molecular flexibility index (Phi) is 5.40. The average molecular weight is 451 g/mol. The summed E-state index contributed by atoms with van der Waals surface area (Å²) in [7, 11) is 0. The smallest absolute Gasteiger partial charge is 0.337 e. The molecular weight excluding hydrogens is 428 g/mol. The van der Waals surface area contributed by atoms with Crippen LogP contribution >= 0.6 is 0 Å². The van der Waals surface area contributed by atoms with Gasteiger partial charge >= 0.3 is 5.97 Å². The van der Waals surface area contributed by atoms with Crippen molar-refractivity contribution in [2.75, 3.05) is 17.2 Å². The first-order valence-corrected chi connectivity index (χ1v) is 10.5. The lowest BCUT2D eigenvalue weighted by atomic mass is 10.0. The fourth-order valence-electron chi connectivity index (χ4n) is 3.89. The second kappa shape index (κ2) is 7.96. The summed E-state index contributed by atoms with van der Waals surface area (Å²) in [5.41, 5.74) is 2.08. The van der Waals surface area contributed by atoms with E-state index in [1.54, 1.807) is 24.3 Å². The minimum absolute atomic E-state index is 0.0310. The molecule has 0 spiro atoms. The van der Waals surface area contributed by atoms with Crippen LogP contribution in [0.5, 0.6) is 0 Å². The zero-order valence-electron chi connectivity index (χ0n) is 18.4. The number of hydrogen-bond acceptors (Lipinski definition) is 6. The average Bonchev–Trinajstić information content (AvgIpc) is 3.28. The molecule has 170 valence electrons. The molecule has 4 rings (SSSR count). The Balaban J connectivity index is 1.72. The van der Waals surface area contributed by atoms with E-state index in [0.717, 1.165) is 11.1 Å². The van der Waals surface area contributed by atoms with Crippen LogP contribution in [0.4, 0.5) is 20.3 Å². The lowest BCUT2D eigenvalue weighted by Crippen LogP contribution is -2.20. The van der Waals surface area contributed by atoms with Gasteiger partial charge in [0, 0.05) is 24.2 Å². The highest BCUT2D eigenvalue weighted by atomic mass is 19.3. The first-order chi connectivity index (χ1) is 15.5. The number of nitriles is 1. The molecule has 1 heterocycles. The number of para-hydroxylation sites is 1. The fourth-order valence-corrected chi connectivity index (χ4v) is 3.89. The Morgan fingerprint density at radius 3 is 2.64 bits per heavy atom. The third-order valence-corrected chi connectivity index (χ3v) is 6.06. The van der Waals surface area contributed by atoms with Gasteiger partial charge in [-0.1, -0.05) is 25.1 Å². The van der Waals surface area contributed by atoms with Crippen LogP contribution in [0.3, 0.4) is 0 Å². The maximum atomic E-state index is 13.6. The van der Waals surface area contributed by atoms with Crippen molar-refractivity contribution in [1.29, 1.82) is 5.26 Å². The number of aryl methyl sites for hydroxylation is 1. The second-order valence-electron chi connectivity index (χ2n) is 8.77. The topological polar surface area (TPSA) is 111 Å². The Morgan fingerprint density at radius 1 is 1.30 bits per heavy atom. The summed E-state index contributed by atoms with van der Waals surface area (Å²) < 4.78 is 27.3. The molecule has 2 aromatic carbocycles. The number of benzene rings is 2. The first-order valence-electron chi connectivity index (χ1n) is 10.5. The van der Waals surface area contributed by atoms with Gasteiger partial charge in [-0.25, -0.2) is 23.5 Å². The number of fused-ring (bicyclic) bond motifs is 1. The highest BCUT2D eigenvalue weighted by Crippen LogP contribution is 2.60. The van der Waals surface area contributed by atoms with Crippen molar-refractivity contribution >= 4 is 28.5 Å². The molecule has 7 nitrogen and oxygen atoms in total. The molecule has 1 saturated carbocycles. The number of nitrogens with zero attached hydrogens (tertiary/aromatic N) is 3. The molecule has 33 heavy (non-hydrogen) atoms. The summed E-state index contributed by atoms with van der Waals surface area (Å²) in [6, 6.07) is 11.9. The summed E-state index contributed by atoms with van der Waals surface area (Å²) in [5.74, 6) is -3.64. The van der Waals surface area contributed by atoms with Gasteiger partial charge in [-0.3, -0.25) is 0 Å². The lowest BCUT2D eigenvalue weighted by Gasteiger charge is -2.20. The molecule has 0 aliphatic heterocycles. The summed E-state index contributed by atoms with van der Waals surface area (Å²) >= 11 is 0. The molecule has 0 saturated heterocycles. The molecule has 1 aliphatic rings. The first kappa shape index (κ1) is 22.4. The molecule has 0 bridgehead atoms. The van der Waals surface area contributed by atoms with Crippen molar-refractivity contribution in [3.05, 3.63) is 58.8 Å². The summed E-state index contributed by atoms with van der Waals surface area (Å²) in [6.45, 7) is 5.21. The SMILES string of the molecule is Cc1cc([C@@H](C)Nc2ccccc2C(=O)O)c2nc(NC[C@]3(C)CC3(F)F)c(C#N)nc2c1. The highest BCUT2D eigenvalue weighted by Gasteiger charge is 2.67. The molecule has 1 fully saturated rings. The monoisotopic (exact) mass is 451 g/mol. The van der Waals surface area contributed by atoms with Crippen molar-refractivity contribution < 1.29 is 18.7 Å². The van der Waals surface area contributed by atoms with Crippen molar-refractivity contribution in [3.63, 3.8) is 0 Å². The molecule has 1 aliphatic carbocycles. The number of alkyl halides is 2. The zero-order chi connectivity index (χ0) is 24.0. The van der Waals surface area contributed by atoms with Gasteiger partial charge in [-0.15, -0.1) is 0 Å². The van der Waals surface area contributed by atoms with Gasteiger partial charge in [0.15, 0.2) is 11.5 Å². The van der Waals surface area contributed by atoms with Gasteiger partial charge in [-0.05, 0) is 37.6 Å². The van der Waals surface area contributed by atoms with Crippen LogP contribution in [-0.2, 0) is 0 Å². The minimum atomic E-state index is -2.74. The number of carboxylic acid groups (broad SMARTS) is 1. The maximum absolute atomic E-state index is 13.6. The molecular formula is C24H23F2N5O2. The van der Waals surface area contributed by atoms with Gasteiger partial charge in [0.1, 0.15) is 6.07 Å².